The summed E-state index contributed by atoms with van der Waals surface area (Å²) in [4.78, 5) is 22.2. The van der Waals surface area contributed by atoms with Gasteiger partial charge in [0.1, 0.15) is 9.09 Å². The van der Waals surface area contributed by atoms with E-state index in [0.29, 0.717) is 11.3 Å². The van der Waals surface area contributed by atoms with Crippen LogP contribution in [0.4, 0.5) is 0 Å². The van der Waals surface area contributed by atoms with Crippen LogP contribution in [0.3, 0.4) is 0 Å². The molecule has 0 saturated heterocycles. The molecule has 7 nitrogen and oxygen atoms in total. The minimum Gasteiger partial charge on any atom is -0.477 e. The number of hydrogen-bond acceptors (Lipinski definition) is 5. The number of amides is 1. The maximum Gasteiger partial charge on any atom is 0.345 e. The molecule has 20 heavy (non-hydrogen) atoms. The number of aromatic carboxylic acids is 1. The minimum absolute atomic E-state index is 0.0593. The molecular weight excluding hydrogens is 304 g/mol. The SMILES string of the molecule is CNC(=O)C(C)(C)CNS(=O)(=O)c1ccc(C(=O)O)s1. The van der Waals surface area contributed by atoms with E-state index in [0.717, 1.165) is 0 Å². The van der Waals surface area contributed by atoms with Crippen molar-refractivity contribution in [3.8, 4) is 0 Å². The number of carboxylic acids is 1. The second-order valence-corrected chi connectivity index (χ2v) is 7.79. The van der Waals surface area contributed by atoms with E-state index in [1.165, 1.54) is 19.2 Å². The van der Waals surface area contributed by atoms with E-state index in [4.69, 9.17) is 5.11 Å². The molecule has 0 aliphatic heterocycles. The van der Waals surface area contributed by atoms with E-state index in [-0.39, 0.29) is 21.5 Å². The second-order valence-electron chi connectivity index (χ2n) is 4.71. The number of rotatable bonds is 6. The van der Waals surface area contributed by atoms with Gasteiger partial charge >= 0.3 is 5.97 Å². The first-order valence-corrected chi connectivity index (χ1v) is 7.95. The van der Waals surface area contributed by atoms with Gasteiger partial charge in [-0.15, -0.1) is 11.3 Å². The van der Waals surface area contributed by atoms with Gasteiger partial charge in [0.25, 0.3) is 0 Å². The summed E-state index contributed by atoms with van der Waals surface area (Å²) in [7, 11) is -2.35. The molecule has 0 aliphatic carbocycles. The van der Waals surface area contributed by atoms with Gasteiger partial charge in [-0.3, -0.25) is 4.79 Å². The molecule has 0 unspecified atom stereocenters. The van der Waals surface area contributed by atoms with Crippen molar-refractivity contribution in [2.45, 2.75) is 18.1 Å². The Morgan fingerprint density at radius 2 is 1.95 bits per heavy atom. The Hall–Kier alpha value is -1.45. The number of carbonyl (C=O) groups excluding carboxylic acids is 1. The van der Waals surface area contributed by atoms with Crippen molar-refractivity contribution >= 4 is 33.2 Å². The number of thiophene rings is 1. The maximum atomic E-state index is 12.0. The number of nitrogens with one attached hydrogen (secondary N) is 2. The Balaban J connectivity index is 2.85. The van der Waals surface area contributed by atoms with Crippen LogP contribution in [-0.2, 0) is 14.8 Å². The first-order valence-electron chi connectivity index (χ1n) is 5.65. The number of hydrogen-bond donors (Lipinski definition) is 3. The van der Waals surface area contributed by atoms with E-state index in [1.54, 1.807) is 13.8 Å². The number of carbonyl (C=O) groups is 2. The molecule has 1 aromatic rings. The van der Waals surface area contributed by atoms with E-state index >= 15 is 0 Å². The van der Waals surface area contributed by atoms with Crippen molar-refractivity contribution in [2.75, 3.05) is 13.6 Å². The van der Waals surface area contributed by atoms with Gasteiger partial charge in [-0.05, 0) is 26.0 Å². The fraction of sp³-hybridized carbons (Fsp3) is 0.455. The average Bonchev–Trinajstić information content (AvgIpc) is 2.86. The molecule has 1 heterocycles. The van der Waals surface area contributed by atoms with Crippen LogP contribution in [0, 0.1) is 5.41 Å². The summed E-state index contributed by atoms with van der Waals surface area (Å²) in [5.41, 5.74) is -0.908. The van der Waals surface area contributed by atoms with E-state index in [2.05, 4.69) is 10.0 Å². The van der Waals surface area contributed by atoms with Crippen LogP contribution in [0.25, 0.3) is 0 Å². The third-order valence-corrected chi connectivity index (χ3v) is 5.57. The molecule has 1 aromatic heterocycles. The quantitative estimate of drug-likeness (QED) is 0.706. The van der Waals surface area contributed by atoms with Crippen LogP contribution in [0.15, 0.2) is 16.3 Å². The highest BCUT2D eigenvalue weighted by Crippen LogP contribution is 2.22. The summed E-state index contributed by atoms with van der Waals surface area (Å²) in [6, 6.07) is 2.45. The molecule has 3 N–H and O–H groups in total. The van der Waals surface area contributed by atoms with Gasteiger partial charge in [0, 0.05) is 13.6 Å². The van der Waals surface area contributed by atoms with Crippen LogP contribution in [0.2, 0.25) is 0 Å². The van der Waals surface area contributed by atoms with Gasteiger partial charge in [-0.25, -0.2) is 17.9 Å². The first kappa shape index (κ1) is 16.6. The molecule has 0 spiro atoms. The summed E-state index contributed by atoms with van der Waals surface area (Å²) in [6.07, 6.45) is 0. The van der Waals surface area contributed by atoms with Crippen molar-refractivity contribution in [1.82, 2.24) is 10.0 Å². The highest BCUT2D eigenvalue weighted by molar-refractivity contribution is 7.91. The molecule has 112 valence electrons. The maximum absolute atomic E-state index is 12.0. The van der Waals surface area contributed by atoms with Crippen molar-refractivity contribution in [1.29, 1.82) is 0 Å². The van der Waals surface area contributed by atoms with Crippen LogP contribution in [0.5, 0.6) is 0 Å². The highest BCUT2D eigenvalue weighted by atomic mass is 32.2. The topological polar surface area (TPSA) is 113 Å². The van der Waals surface area contributed by atoms with Gasteiger partial charge < -0.3 is 10.4 Å². The molecule has 0 aromatic carbocycles. The molecule has 0 atom stereocenters. The lowest BCUT2D eigenvalue weighted by Crippen LogP contribution is -2.43. The van der Waals surface area contributed by atoms with Crippen LogP contribution in [0.1, 0.15) is 23.5 Å². The van der Waals surface area contributed by atoms with Gasteiger partial charge in [0.2, 0.25) is 15.9 Å². The van der Waals surface area contributed by atoms with Crippen molar-refractivity contribution in [2.24, 2.45) is 5.41 Å². The molecule has 0 aliphatic rings. The lowest BCUT2D eigenvalue weighted by Gasteiger charge is -2.22. The Bertz CT molecular complexity index is 619. The van der Waals surface area contributed by atoms with Crippen LogP contribution >= 0.6 is 11.3 Å². The van der Waals surface area contributed by atoms with Crippen molar-refractivity contribution in [3.05, 3.63) is 17.0 Å². The minimum atomic E-state index is -3.82. The predicted octanol–water partition coefficient (Wildman–Crippen LogP) is 0.497. The molecule has 0 radical (unpaired) electrons. The zero-order valence-electron chi connectivity index (χ0n) is 11.3. The Labute approximate surface area is 121 Å². The van der Waals surface area contributed by atoms with E-state index in [9.17, 15) is 18.0 Å². The fourth-order valence-corrected chi connectivity index (χ4v) is 3.75. The summed E-state index contributed by atoms with van der Waals surface area (Å²) >= 11 is 0.662. The van der Waals surface area contributed by atoms with E-state index in [1.807, 2.05) is 0 Å². The molecule has 1 rings (SSSR count). The first-order chi connectivity index (χ1) is 9.10. The highest BCUT2D eigenvalue weighted by Gasteiger charge is 2.29. The fourth-order valence-electron chi connectivity index (χ4n) is 1.34. The van der Waals surface area contributed by atoms with Crippen LogP contribution in [-0.4, -0.2) is 39.0 Å². The largest absolute Gasteiger partial charge is 0.477 e. The second kappa shape index (κ2) is 5.90. The van der Waals surface area contributed by atoms with Crippen molar-refractivity contribution < 1.29 is 23.1 Å². The standard InChI is InChI=1S/C11H16N2O5S2/c1-11(2,10(16)12-3)6-13-20(17,18)8-5-4-7(19-8)9(14)15/h4-5,13H,6H2,1-3H3,(H,12,16)(H,14,15). The third kappa shape index (κ3) is 3.78. The zero-order valence-corrected chi connectivity index (χ0v) is 12.9. The normalized spacial score (nSPS) is 12.2. The van der Waals surface area contributed by atoms with Gasteiger partial charge in [-0.2, -0.15) is 0 Å². The van der Waals surface area contributed by atoms with Crippen molar-refractivity contribution in [3.63, 3.8) is 0 Å². The molecular formula is C11H16N2O5S2. The van der Waals surface area contributed by atoms with E-state index < -0.39 is 21.4 Å². The smallest absolute Gasteiger partial charge is 0.345 e. The Morgan fingerprint density at radius 3 is 2.40 bits per heavy atom. The summed E-state index contributed by atoms with van der Waals surface area (Å²) < 4.78 is 26.2. The predicted molar refractivity (Wildman–Crippen MR) is 74.3 cm³/mol. The monoisotopic (exact) mass is 320 g/mol. The lowest BCUT2D eigenvalue weighted by atomic mass is 9.93. The van der Waals surface area contributed by atoms with Gasteiger partial charge in [0.15, 0.2) is 0 Å². The molecule has 0 saturated carbocycles. The number of carboxylic acid groups (broad SMARTS) is 1. The molecule has 0 bridgehead atoms. The molecule has 9 heteroatoms. The lowest BCUT2D eigenvalue weighted by molar-refractivity contribution is -0.128. The summed E-state index contributed by atoms with van der Waals surface area (Å²) in [5, 5.41) is 11.2. The van der Waals surface area contributed by atoms with Gasteiger partial charge in [0.05, 0.1) is 5.41 Å². The summed E-state index contributed by atoms with van der Waals surface area (Å²) in [6.45, 7) is 3.12. The number of sulfonamides is 1. The van der Waals surface area contributed by atoms with Crippen LogP contribution < -0.4 is 10.0 Å². The Kier molecular flexibility index (Phi) is 4.90. The van der Waals surface area contributed by atoms with Gasteiger partial charge in [-0.1, -0.05) is 0 Å². The average molecular weight is 320 g/mol. The third-order valence-electron chi connectivity index (χ3n) is 2.60. The summed E-state index contributed by atoms with van der Waals surface area (Å²) in [5.74, 6) is -1.47. The molecule has 0 fully saturated rings. The molecule has 1 amide bonds. The Morgan fingerprint density at radius 1 is 1.35 bits per heavy atom. The zero-order chi connectivity index (χ0) is 15.6.